The highest BCUT2D eigenvalue weighted by Crippen LogP contribution is 2.40. The van der Waals surface area contributed by atoms with Gasteiger partial charge in [-0.1, -0.05) is 71.4 Å². The number of aliphatic hydroxyl groups excluding tert-OH is 2. The second-order valence-corrected chi connectivity index (χ2v) is 24.0. The Kier molecular flexibility index (Phi) is 21.7. The number of rotatable bonds is 15. The number of allylic oxidation sites excluding steroid dienone is 3. The van der Waals surface area contributed by atoms with Crippen molar-refractivity contribution in [3.8, 4) is 0 Å². The number of hydrogen-bond acceptors (Lipinski definition) is 15. The first-order valence-electron chi connectivity index (χ1n) is 24.0. The molecule has 0 aromatic heterocycles. The molecule has 6 unspecified atom stereocenters. The van der Waals surface area contributed by atoms with Crippen LogP contribution in [0.4, 0.5) is 0 Å². The number of hydrogen-bond donors (Lipinski definition) is 2. The molecule has 4 rings (SSSR count). The van der Waals surface area contributed by atoms with Crippen LogP contribution in [0.5, 0.6) is 0 Å². The molecule has 3 saturated heterocycles. The molecule has 0 aromatic carbocycles. The average molecular weight is 938 g/mol. The third-order valence-corrected chi connectivity index (χ3v) is 19.3. The van der Waals surface area contributed by atoms with Gasteiger partial charge in [0.1, 0.15) is 30.7 Å². The van der Waals surface area contributed by atoms with Crippen molar-refractivity contribution in [2.24, 2.45) is 29.6 Å². The first-order valence-corrected chi connectivity index (χ1v) is 26.5. The van der Waals surface area contributed by atoms with Crippen LogP contribution in [0.1, 0.15) is 88.0 Å². The van der Waals surface area contributed by atoms with E-state index >= 15 is 0 Å². The Labute approximate surface area is 390 Å². The van der Waals surface area contributed by atoms with Gasteiger partial charge in [-0.2, -0.15) is 0 Å². The molecule has 0 amide bonds. The Bertz CT molecular complexity index is 1600. The summed E-state index contributed by atoms with van der Waals surface area (Å²) in [5.74, 6) is -3.47. The standard InChI is InChI=1S/C49H83NO14Si/c1-15-38-35(27-59-49-47(57-14)46(56-13)45(33(10)61-49)64-65(16-2,17-3)18-4)21-28(5)19-20-37(52)30(7)23-36-34(25-51)22-29(6)26-58-39(24-40(53)62-38)31(8)44(36)63-48-43(55)41(50(11)12)42(54)32(9)60-48/h19-21,25,30-36,38-39,41-49,54-55H,6,15-18,22-24,26-27H2,1-5,7-14H3/b20-19+,28-21+/t30-,31+,32?,33?,34?,35-,36-,38-,39-,41?,42-,43?,44-,45-,46+,47?,48+,49-/m1/s1. The van der Waals surface area contributed by atoms with Gasteiger partial charge in [-0.05, 0) is 84.3 Å². The van der Waals surface area contributed by atoms with Gasteiger partial charge >= 0.3 is 5.97 Å². The lowest BCUT2D eigenvalue weighted by atomic mass is 9.73. The van der Waals surface area contributed by atoms with E-state index in [1.54, 1.807) is 52.3 Å². The third kappa shape index (κ3) is 13.7. The quantitative estimate of drug-likeness (QED) is 0.0871. The van der Waals surface area contributed by atoms with E-state index in [2.05, 4.69) is 27.4 Å². The molecule has 0 aromatic rings. The fourth-order valence-electron chi connectivity index (χ4n) is 10.3. The van der Waals surface area contributed by atoms with Gasteiger partial charge in [0.2, 0.25) is 0 Å². The van der Waals surface area contributed by atoms with E-state index in [1.165, 1.54) is 0 Å². The normalized spacial score (nSPS) is 40.9. The molecule has 0 aliphatic carbocycles. The zero-order chi connectivity index (χ0) is 48.3. The minimum Gasteiger partial charge on any atom is -0.462 e. The maximum absolute atomic E-state index is 14.3. The van der Waals surface area contributed by atoms with E-state index in [4.69, 9.17) is 42.3 Å². The molecule has 0 saturated carbocycles. The second-order valence-electron chi connectivity index (χ2n) is 19.2. The summed E-state index contributed by atoms with van der Waals surface area (Å²) in [6.45, 7) is 22.2. The fraction of sp³-hybridized carbons (Fsp3) is 0.816. The Morgan fingerprint density at radius 2 is 1.52 bits per heavy atom. The van der Waals surface area contributed by atoms with E-state index < -0.39 is 111 Å². The molecule has 2 bridgehead atoms. The smallest absolute Gasteiger partial charge is 0.308 e. The minimum absolute atomic E-state index is 0.0841. The van der Waals surface area contributed by atoms with Crippen LogP contribution in [-0.2, 0) is 56.7 Å². The first kappa shape index (κ1) is 55.4. The van der Waals surface area contributed by atoms with Gasteiger partial charge in [-0.15, -0.1) is 0 Å². The molecule has 18 atom stereocenters. The predicted molar refractivity (Wildman–Crippen MR) is 248 cm³/mol. The molecule has 16 heteroatoms. The summed E-state index contributed by atoms with van der Waals surface area (Å²) in [6, 6.07) is 2.20. The van der Waals surface area contributed by atoms with E-state index in [-0.39, 0.29) is 50.5 Å². The number of carbonyl (C=O) groups excluding carboxylic acids is 3. The number of likely N-dealkylation sites (N-methyl/N-ethyl adjacent to an activating group) is 1. The predicted octanol–water partition coefficient (Wildman–Crippen LogP) is 5.80. The van der Waals surface area contributed by atoms with Gasteiger partial charge in [-0.3, -0.25) is 9.59 Å². The number of aldehydes is 1. The molecule has 4 aliphatic rings. The van der Waals surface area contributed by atoms with Crippen molar-refractivity contribution in [2.75, 3.05) is 41.5 Å². The summed E-state index contributed by atoms with van der Waals surface area (Å²) in [5.41, 5.74) is 1.41. The van der Waals surface area contributed by atoms with Gasteiger partial charge < -0.3 is 62.2 Å². The minimum atomic E-state index is -2.05. The van der Waals surface area contributed by atoms with E-state index in [0.29, 0.717) is 12.0 Å². The number of aliphatic hydroxyl groups is 2. The van der Waals surface area contributed by atoms with Crippen LogP contribution in [-0.4, -0.2) is 163 Å². The zero-order valence-electron chi connectivity index (χ0n) is 41.5. The SMILES string of the molecule is C=C1CO[C@@H]2CC(=O)O[C@H](CC)[C@@H](CO[C@@H]3OC(C)[C@@H](O[Si](CC)(CC)CC)[C@H](OC)C3OC)/C=C(C)/C=C/C(=O)[C@H](C)C[C@H](C(C=O)C1)[C@H](O[C@@H]1OC(C)[C@@H](O)C(N(C)C)C1O)[C@H]2C. The second kappa shape index (κ2) is 25.4. The van der Waals surface area contributed by atoms with E-state index in [0.717, 1.165) is 30.0 Å². The lowest BCUT2D eigenvalue weighted by Crippen LogP contribution is -2.63. The van der Waals surface area contributed by atoms with Crippen LogP contribution in [0.3, 0.4) is 0 Å². The van der Waals surface area contributed by atoms with Crippen molar-refractivity contribution in [2.45, 2.75) is 186 Å². The van der Waals surface area contributed by atoms with E-state index in [9.17, 15) is 24.6 Å². The third-order valence-electron chi connectivity index (χ3n) is 14.6. The number of ketones is 1. The molecule has 15 nitrogen and oxygen atoms in total. The topological polar surface area (TPSA) is 178 Å². The van der Waals surface area contributed by atoms with Crippen molar-refractivity contribution in [3.05, 3.63) is 36.0 Å². The monoisotopic (exact) mass is 938 g/mol. The number of fused-ring (bicyclic) bond motifs is 3. The van der Waals surface area contributed by atoms with Crippen molar-refractivity contribution in [1.29, 1.82) is 0 Å². The summed E-state index contributed by atoms with van der Waals surface area (Å²) in [7, 11) is 4.72. The number of esters is 1. The largest absolute Gasteiger partial charge is 0.462 e. The Morgan fingerprint density at radius 3 is 2.11 bits per heavy atom. The Balaban J connectivity index is 1.71. The molecule has 0 radical (unpaired) electrons. The van der Waals surface area contributed by atoms with Gasteiger partial charge in [0.25, 0.3) is 0 Å². The number of cyclic esters (lactones) is 1. The van der Waals surface area contributed by atoms with Crippen molar-refractivity contribution in [1.82, 2.24) is 4.90 Å². The summed E-state index contributed by atoms with van der Waals surface area (Å²) in [6.07, 6.45) is -2.20. The van der Waals surface area contributed by atoms with Crippen molar-refractivity contribution < 1.29 is 66.9 Å². The van der Waals surface area contributed by atoms with Crippen LogP contribution in [0.2, 0.25) is 18.1 Å². The summed E-state index contributed by atoms with van der Waals surface area (Å²) in [4.78, 5) is 43.0. The number of ether oxygens (including phenoxy) is 8. The van der Waals surface area contributed by atoms with Crippen LogP contribution in [0.25, 0.3) is 0 Å². The summed E-state index contributed by atoms with van der Waals surface area (Å²) in [5, 5.41) is 22.6. The van der Waals surface area contributed by atoms with Crippen LogP contribution in [0, 0.1) is 29.6 Å². The van der Waals surface area contributed by atoms with Gasteiger partial charge in [-0.25, -0.2) is 0 Å². The number of methoxy groups -OCH3 is 2. The van der Waals surface area contributed by atoms with Crippen molar-refractivity contribution in [3.63, 3.8) is 0 Å². The Hall–Kier alpha value is -2.19. The van der Waals surface area contributed by atoms with Crippen LogP contribution in [0.15, 0.2) is 36.0 Å². The highest BCUT2D eigenvalue weighted by atomic mass is 28.4. The molecule has 2 N–H and O–H groups in total. The lowest BCUT2D eigenvalue weighted by Gasteiger charge is -2.47. The first-order chi connectivity index (χ1) is 30.8. The molecule has 3 fully saturated rings. The molecule has 372 valence electrons. The fourth-order valence-corrected chi connectivity index (χ4v) is 13.2. The van der Waals surface area contributed by atoms with Crippen LogP contribution >= 0.6 is 0 Å². The maximum Gasteiger partial charge on any atom is 0.308 e. The van der Waals surface area contributed by atoms with Crippen molar-refractivity contribution >= 4 is 26.4 Å². The molecule has 0 spiro atoms. The average Bonchev–Trinajstić information content (AvgIpc) is 3.31. The molecule has 4 heterocycles. The highest BCUT2D eigenvalue weighted by Gasteiger charge is 2.51. The molecular weight excluding hydrogens is 855 g/mol. The summed E-state index contributed by atoms with van der Waals surface area (Å²) < 4.78 is 57.9. The van der Waals surface area contributed by atoms with E-state index in [1.807, 2.05) is 40.7 Å². The lowest BCUT2D eigenvalue weighted by molar-refractivity contribution is -0.305. The summed E-state index contributed by atoms with van der Waals surface area (Å²) >= 11 is 0. The maximum atomic E-state index is 14.3. The van der Waals surface area contributed by atoms with Gasteiger partial charge in [0.05, 0.1) is 62.3 Å². The highest BCUT2D eigenvalue weighted by molar-refractivity contribution is 6.73. The number of carbonyl (C=O) groups is 3. The molecule has 4 aliphatic heterocycles. The Morgan fingerprint density at radius 1 is 0.877 bits per heavy atom. The van der Waals surface area contributed by atoms with Crippen LogP contribution < -0.4 is 0 Å². The molecule has 65 heavy (non-hydrogen) atoms. The zero-order valence-corrected chi connectivity index (χ0v) is 42.5. The van der Waals surface area contributed by atoms with Gasteiger partial charge in [0.15, 0.2) is 26.7 Å². The molecular formula is C49H83NO14Si. The number of nitrogens with zero attached hydrogens (tertiary/aromatic N) is 1. The van der Waals surface area contributed by atoms with Gasteiger partial charge in [0, 0.05) is 37.9 Å².